The summed E-state index contributed by atoms with van der Waals surface area (Å²) in [6, 6.07) is 5.35. The second-order valence-electron chi connectivity index (χ2n) is 2.00. The molecule has 0 aliphatic heterocycles. The summed E-state index contributed by atoms with van der Waals surface area (Å²) in [5.41, 5.74) is 0.865. The van der Waals surface area contributed by atoms with E-state index in [1.54, 1.807) is 19.2 Å². The Hall–Kier alpha value is -0.690. The van der Waals surface area contributed by atoms with Gasteiger partial charge in [-0.3, -0.25) is 0 Å². The van der Waals surface area contributed by atoms with Crippen LogP contribution in [-0.4, -0.2) is 7.11 Å². The van der Waals surface area contributed by atoms with E-state index >= 15 is 0 Å². The molecule has 0 aliphatic carbocycles. The fourth-order valence-electron chi connectivity index (χ4n) is 0.739. The van der Waals surface area contributed by atoms with Gasteiger partial charge in [0.05, 0.1) is 7.11 Å². The fourth-order valence-corrected chi connectivity index (χ4v) is 0.986. The van der Waals surface area contributed by atoms with Gasteiger partial charge in [0.15, 0.2) is 0 Å². The Bertz CT molecular complexity index is 212. The zero-order valence-electron chi connectivity index (χ0n) is 5.73. The zero-order valence-corrected chi connectivity index (χ0v) is 6.48. The molecule has 0 saturated heterocycles. The predicted octanol–water partition coefficient (Wildman–Crippen LogP) is 2.53. The lowest BCUT2D eigenvalue weighted by Gasteiger charge is -2.00. The van der Waals surface area contributed by atoms with Crippen LogP contribution in [0.1, 0.15) is 5.56 Å². The number of rotatable bonds is 1. The van der Waals surface area contributed by atoms with Gasteiger partial charge in [-0.2, -0.15) is 0 Å². The molecule has 0 amide bonds. The molecule has 0 atom stereocenters. The topological polar surface area (TPSA) is 9.23 Å². The van der Waals surface area contributed by atoms with E-state index in [9.17, 15) is 0 Å². The quantitative estimate of drug-likeness (QED) is 0.606. The Labute approximate surface area is 65.6 Å². The van der Waals surface area contributed by atoms with Crippen LogP contribution in [-0.2, 0) is 0 Å². The molecule has 0 heterocycles. The number of hydrogen-bond acceptors (Lipinski definition) is 1. The van der Waals surface area contributed by atoms with Gasteiger partial charge in [-0.05, 0) is 30.7 Å². The van der Waals surface area contributed by atoms with E-state index in [1.165, 1.54) is 0 Å². The summed E-state index contributed by atoms with van der Waals surface area (Å²) in [6.07, 6.45) is 0. The van der Waals surface area contributed by atoms with Gasteiger partial charge in [0.2, 0.25) is 0 Å². The lowest BCUT2D eigenvalue weighted by Crippen LogP contribution is -1.82. The highest BCUT2D eigenvalue weighted by molar-refractivity contribution is 6.30. The first kappa shape index (κ1) is 7.42. The van der Waals surface area contributed by atoms with Crippen molar-refractivity contribution in [2.45, 2.75) is 0 Å². The van der Waals surface area contributed by atoms with Gasteiger partial charge in [0, 0.05) is 5.02 Å². The average Bonchev–Trinajstić information content (AvgIpc) is 1.85. The highest BCUT2D eigenvalue weighted by Gasteiger charge is 1.93. The van der Waals surface area contributed by atoms with Crippen LogP contribution >= 0.6 is 11.6 Å². The fraction of sp³-hybridized carbons (Fsp3) is 0.125. The van der Waals surface area contributed by atoms with Crippen molar-refractivity contribution in [1.29, 1.82) is 0 Å². The lowest BCUT2D eigenvalue weighted by atomic mass is 10.2. The molecule has 1 aromatic rings. The first-order valence-corrected chi connectivity index (χ1v) is 3.26. The maximum atomic E-state index is 5.71. The van der Waals surface area contributed by atoms with Crippen molar-refractivity contribution in [3.05, 3.63) is 35.7 Å². The van der Waals surface area contributed by atoms with Gasteiger partial charge >= 0.3 is 0 Å². The van der Waals surface area contributed by atoms with Crippen molar-refractivity contribution in [2.24, 2.45) is 0 Å². The summed E-state index contributed by atoms with van der Waals surface area (Å²) in [4.78, 5) is 0. The van der Waals surface area contributed by atoms with E-state index in [4.69, 9.17) is 16.3 Å². The van der Waals surface area contributed by atoms with Crippen molar-refractivity contribution in [2.75, 3.05) is 7.11 Å². The van der Waals surface area contributed by atoms with Gasteiger partial charge in [0.25, 0.3) is 0 Å². The first-order valence-electron chi connectivity index (χ1n) is 2.89. The summed E-state index contributed by atoms with van der Waals surface area (Å²) >= 11 is 5.71. The predicted molar refractivity (Wildman–Crippen MR) is 42.5 cm³/mol. The molecule has 0 aliphatic rings. The largest absolute Gasteiger partial charge is 0.497 e. The molecule has 0 spiro atoms. The molecule has 2 heteroatoms. The normalized spacial score (nSPS) is 9.50. The molecule has 0 saturated carbocycles. The molecule has 0 fully saturated rings. The molecule has 53 valence electrons. The summed E-state index contributed by atoms with van der Waals surface area (Å²) in [5, 5.41) is 0.657. The number of ether oxygens (including phenoxy) is 1. The number of methoxy groups -OCH3 is 1. The monoisotopic (exact) mass is 155 g/mol. The maximum Gasteiger partial charge on any atom is 0.120 e. The van der Waals surface area contributed by atoms with E-state index in [2.05, 4.69) is 6.92 Å². The van der Waals surface area contributed by atoms with E-state index in [0.717, 1.165) is 11.3 Å². The molecule has 1 nitrogen and oxygen atoms in total. The van der Waals surface area contributed by atoms with Gasteiger partial charge in [-0.1, -0.05) is 11.6 Å². The van der Waals surface area contributed by atoms with E-state index in [1.807, 2.05) is 6.07 Å². The van der Waals surface area contributed by atoms with Crippen molar-refractivity contribution < 1.29 is 4.74 Å². The van der Waals surface area contributed by atoms with Crippen LogP contribution in [0.5, 0.6) is 5.75 Å². The van der Waals surface area contributed by atoms with Crippen LogP contribution in [0.2, 0.25) is 5.02 Å². The Morgan fingerprint density at radius 2 is 2.10 bits per heavy atom. The van der Waals surface area contributed by atoms with Gasteiger partial charge < -0.3 is 4.74 Å². The Balaban J connectivity index is 3.06. The smallest absolute Gasteiger partial charge is 0.120 e. The molecule has 1 radical (unpaired) electrons. The van der Waals surface area contributed by atoms with Crippen molar-refractivity contribution in [3.8, 4) is 5.75 Å². The Morgan fingerprint density at radius 1 is 1.40 bits per heavy atom. The van der Waals surface area contributed by atoms with Crippen LogP contribution in [0.4, 0.5) is 0 Å². The third kappa shape index (κ3) is 1.64. The van der Waals surface area contributed by atoms with Crippen LogP contribution in [0.3, 0.4) is 0 Å². The molecule has 0 aromatic heterocycles. The second-order valence-corrected chi connectivity index (χ2v) is 2.44. The lowest BCUT2D eigenvalue weighted by molar-refractivity contribution is 0.414. The zero-order chi connectivity index (χ0) is 7.56. The van der Waals surface area contributed by atoms with Crippen LogP contribution in [0, 0.1) is 6.92 Å². The maximum absolute atomic E-state index is 5.71. The van der Waals surface area contributed by atoms with Crippen molar-refractivity contribution >= 4 is 11.6 Å². The Kier molecular flexibility index (Phi) is 2.17. The molecule has 10 heavy (non-hydrogen) atoms. The van der Waals surface area contributed by atoms with Crippen LogP contribution in [0.15, 0.2) is 18.2 Å². The summed E-state index contributed by atoms with van der Waals surface area (Å²) in [5.74, 6) is 0.748. The van der Waals surface area contributed by atoms with E-state index in [-0.39, 0.29) is 0 Å². The average molecular weight is 156 g/mol. The number of benzene rings is 1. The number of hydrogen-bond donors (Lipinski definition) is 0. The van der Waals surface area contributed by atoms with Gasteiger partial charge in [0.1, 0.15) is 5.75 Å². The molecule has 0 bridgehead atoms. The minimum absolute atomic E-state index is 0.657. The number of halogens is 1. The van der Waals surface area contributed by atoms with Gasteiger partial charge in [-0.25, -0.2) is 0 Å². The molecule has 0 N–H and O–H groups in total. The Morgan fingerprint density at radius 3 is 2.60 bits per heavy atom. The standard InChI is InChI=1S/C8H8ClO/c1-6-3-7(9)5-8(4-6)10-2/h3-5H,1H2,2H3. The van der Waals surface area contributed by atoms with Crippen molar-refractivity contribution in [3.63, 3.8) is 0 Å². The molecular weight excluding hydrogens is 148 g/mol. The highest BCUT2D eigenvalue weighted by Crippen LogP contribution is 2.19. The summed E-state index contributed by atoms with van der Waals surface area (Å²) in [7, 11) is 1.60. The second kappa shape index (κ2) is 2.93. The van der Waals surface area contributed by atoms with Crippen LogP contribution < -0.4 is 4.74 Å². The molecule has 1 aromatic carbocycles. The SMILES string of the molecule is [CH2]c1cc(Cl)cc(OC)c1. The summed E-state index contributed by atoms with van der Waals surface area (Å²) in [6.45, 7) is 3.73. The summed E-state index contributed by atoms with van der Waals surface area (Å²) < 4.78 is 4.95. The van der Waals surface area contributed by atoms with E-state index < -0.39 is 0 Å². The molecular formula is C8H8ClO. The minimum Gasteiger partial charge on any atom is -0.497 e. The van der Waals surface area contributed by atoms with Crippen molar-refractivity contribution in [1.82, 2.24) is 0 Å². The highest BCUT2D eigenvalue weighted by atomic mass is 35.5. The van der Waals surface area contributed by atoms with Crippen LogP contribution in [0.25, 0.3) is 0 Å². The molecule has 1 rings (SSSR count). The third-order valence-corrected chi connectivity index (χ3v) is 1.39. The van der Waals surface area contributed by atoms with E-state index in [0.29, 0.717) is 5.02 Å². The third-order valence-electron chi connectivity index (χ3n) is 1.17. The molecule has 0 unspecified atom stereocenters. The first-order chi connectivity index (χ1) is 4.72. The van der Waals surface area contributed by atoms with Gasteiger partial charge in [-0.15, -0.1) is 0 Å². The minimum atomic E-state index is 0.657.